The molecule has 2 N–H and O–H groups in total. The molecule has 1 saturated carbocycles. The molecule has 0 bridgehead atoms. The molecular weight excluding hydrogens is 328 g/mol. The van der Waals surface area contributed by atoms with Gasteiger partial charge in [-0.15, -0.1) is 11.3 Å². The molecule has 0 unspecified atom stereocenters. The van der Waals surface area contributed by atoms with Crippen LogP contribution in [-0.2, 0) is 9.59 Å². The van der Waals surface area contributed by atoms with Crippen LogP contribution >= 0.6 is 11.3 Å². The molecule has 7 nitrogen and oxygen atoms in total. The van der Waals surface area contributed by atoms with Crippen LogP contribution in [0.5, 0.6) is 0 Å². The van der Waals surface area contributed by atoms with Crippen molar-refractivity contribution in [1.29, 1.82) is 0 Å². The van der Waals surface area contributed by atoms with Gasteiger partial charge in [0.05, 0.1) is 18.0 Å². The van der Waals surface area contributed by atoms with Gasteiger partial charge in [0, 0.05) is 32.2 Å². The fourth-order valence-corrected chi connectivity index (χ4v) is 3.26. The Hall–Kier alpha value is -1.93. The second-order valence-electron chi connectivity index (χ2n) is 6.16. The molecule has 0 spiro atoms. The first-order valence-electron chi connectivity index (χ1n) is 8.23. The number of hydrogen-bond acceptors (Lipinski definition) is 5. The van der Waals surface area contributed by atoms with Crippen LogP contribution in [0, 0.1) is 0 Å². The molecule has 3 amide bonds. The number of hydrogen-bond donors (Lipinski definition) is 2. The first-order valence-corrected chi connectivity index (χ1v) is 9.11. The average Bonchev–Trinajstić information content (AvgIpc) is 3.21. The van der Waals surface area contributed by atoms with Gasteiger partial charge in [0.1, 0.15) is 0 Å². The maximum absolute atomic E-state index is 12.2. The Morgan fingerprint density at radius 1 is 1.17 bits per heavy atom. The van der Waals surface area contributed by atoms with Crippen molar-refractivity contribution in [2.24, 2.45) is 0 Å². The normalized spacial score (nSPS) is 18.2. The summed E-state index contributed by atoms with van der Waals surface area (Å²) in [6, 6.07) is 3.92. The van der Waals surface area contributed by atoms with Crippen molar-refractivity contribution in [3.63, 3.8) is 0 Å². The van der Waals surface area contributed by atoms with E-state index in [0.717, 1.165) is 12.8 Å². The van der Waals surface area contributed by atoms with E-state index < -0.39 is 0 Å². The highest BCUT2D eigenvalue weighted by Gasteiger charge is 2.26. The molecular formula is C16H22N4O3S. The highest BCUT2D eigenvalue weighted by atomic mass is 32.1. The van der Waals surface area contributed by atoms with E-state index >= 15 is 0 Å². The second-order valence-corrected chi connectivity index (χ2v) is 7.11. The van der Waals surface area contributed by atoms with Crippen LogP contribution in [0.15, 0.2) is 17.5 Å². The third-order valence-electron chi connectivity index (χ3n) is 4.18. The number of carbonyl (C=O) groups excluding carboxylic acids is 3. The van der Waals surface area contributed by atoms with Crippen molar-refractivity contribution in [3.05, 3.63) is 22.4 Å². The number of nitrogens with one attached hydrogen (secondary N) is 2. The van der Waals surface area contributed by atoms with E-state index in [2.05, 4.69) is 15.5 Å². The quantitative estimate of drug-likeness (QED) is 0.751. The molecule has 1 aromatic heterocycles. The Morgan fingerprint density at radius 3 is 2.54 bits per heavy atom. The van der Waals surface area contributed by atoms with Gasteiger partial charge in [-0.1, -0.05) is 6.07 Å². The van der Waals surface area contributed by atoms with Crippen molar-refractivity contribution < 1.29 is 14.4 Å². The van der Waals surface area contributed by atoms with Crippen molar-refractivity contribution in [2.75, 3.05) is 39.3 Å². The first-order chi connectivity index (χ1) is 11.6. The van der Waals surface area contributed by atoms with Gasteiger partial charge in [0.25, 0.3) is 5.91 Å². The topological polar surface area (TPSA) is 81.8 Å². The van der Waals surface area contributed by atoms with Gasteiger partial charge in [-0.25, -0.2) is 0 Å². The minimum absolute atomic E-state index is 0.0128. The minimum atomic E-state index is -0.214. The van der Waals surface area contributed by atoms with Gasteiger partial charge in [0.2, 0.25) is 11.8 Å². The van der Waals surface area contributed by atoms with E-state index in [1.165, 1.54) is 11.3 Å². The number of nitrogens with zero attached hydrogens (tertiary/aromatic N) is 2. The standard InChI is InChI=1S/C16H22N4O3S/c21-14(18-12-3-4-12)11-19-5-7-20(8-6-19)15(22)10-17-16(23)13-2-1-9-24-13/h1-2,9,12H,3-8,10-11H2,(H,17,23)(H,18,21). The lowest BCUT2D eigenvalue weighted by atomic mass is 10.3. The van der Waals surface area contributed by atoms with Gasteiger partial charge in [-0.2, -0.15) is 0 Å². The third kappa shape index (κ3) is 4.78. The lowest BCUT2D eigenvalue weighted by molar-refractivity contribution is -0.132. The van der Waals surface area contributed by atoms with E-state index in [0.29, 0.717) is 43.6 Å². The summed E-state index contributed by atoms with van der Waals surface area (Å²) >= 11 is 1.35. The first kappa shape index (κ1) is 16.9. The summed E-state index contributed by atoms with van der Waals surface area (Å²) in [6.45, 7) is 2.95. The van der Waals surface area contributed by atoms with Crippen LogP contribution < -0.4 is 10.6 Å². The number of carbonyl (C=O) groups is 3. The van der Waals surface area contributed by atoms with Crippen LogP contribution in [0.4, 0.5) is 0 Å². The largest absolute Gasteiger partial charge is 0.352 e. The Labute approximate surface area is 145 Å². The van der Waals surface area contributed by atoms with E-state index in [4.69, 9.17) is 0 Å². The SMILES string of the molecule is O=C(CN1CCN(C(=O)CNC(=O)c2cccs2)CC1)NC1CC1. The number of rotatable bonds is 6. The Kier molecular flexibility index (Phi) is 5.47. The molecule has 0 atom stereocenters. The zero-order chi connectivity index (χ0) is 16.9. The summed E-state index contributed by atoms with van der Waals surface area (Å²) in [5.41, 5.74) is 0. The average molecular weight is 350 g/mol. The van der Waals surface area contributed by atoms with Gasteiger partial charge < -0.3 is 15.5 Å². The van der Waals surface area contributed by atoms with Crippen molar-refractivity contribution in [1.82, 2.24) is 20.4 Å². The molecule has 130 valence electrons. The number of thiophene rings is 1. The zero-order valence-corrected chi connectivity index (χ0v) is 14.3. The molecule has 1 saturated heterocycles. The van der Waals surface area contributed by atoms with Crippen molar-refractivity contribution in [3.8, 4) is 0 Å². The molecule has 1 aliphatic carbocycles. The van der Waals surface area contributed by atoms with Gasteiger partial charge in [-0.3, -0.25) is 19.3 Å². The molecule has 2 heterocycles. The fourth-order valence-electron chi connectivity index (χ4n) is 2.62. The summed E-state index contributed by atoms with van der Waals surface area (Å²) in [5.74, 6) is -0.226. The van der Waals surface area contributed by atoms with Crippen LogP contribution in [-0.4, -0.2) is 72.8 Å². The maximum Gasteiger partial charge on any atom is 0.261 e. The third-order valence-corrected chi connectivity index (χ3v) is 5.05. The molecule has 0 radical (unpaired) electrons. The molecule has 8 heteroatoms. The minimum Gasteiger partial charge on any atom is -0.352 e. The van der Waals surface area contributed by atoms with E-state index in [1.54, 1.807) is 17.0 Å². The highest BCUT2D eigenvalue weighted by Crippen LogP contribution is 2.18. The van der Waals surface area contributed by atoms with Gasteiger partial charge >= 0.3 is 0 Å². The molecule has 3 rings (SSSR count). The van der Waals surface area contributed by atoms with E-state index in [1.807, 2.05) is 5.38 Å². The summed E-state index contributed by atoms with van der Waals surface area (Å²) in [7, 11) is 0. The predicted molar refractivity (Wildman–Crippen MR) is 90.8 cm³/mol. The predicted octanol–water partition coefficient (Wildman–Crippen LogP) is -0.0993. The Morgan fingerprint density at radius 2 is 1.92 bits per heavy atom. The molecule has 24 heavy (non-hydrogen) atoms. The summed E-state index contributed by atoms with van der Waals surface area (Å²) in [6.07, 6.45) is 2.18. The molecule has 2 fully saturated rings. The van der Waals surface area contributed by atoms with Crippen molar-refractivity contribution in [2.45, 2.75) is 18.9 Å². The highest BCUT2D eigenvalue weighted by molar-refractivity contribution is 7.12. The molecule has 1 aliphatic heterocycles. The maximum atomic E-state index is 12.2. The van der Waals surface area contributed by atoms with Crippen LogP contribution in [0.1, 0.15) is 22.5 Å². The number of amides is 3. The zero-order valence-electron chi connectivity index (χ0n) is 13.5. The number of piperazine rings is 1. The summed E-state index contributed by atoms with van der Waals surface area (Å²) in [5, 5.41) is 7.46. The lowest BCUT2D eigenvalue weighted by Crippen LogP contribution is -2.53. The summed E-state index contributed by atoms with van der Waals surface area (Å²) < 4.78 is 0. The van der Waals surface area contributed by atoms with Gasteiger partial charge in [0.15, 0.2) is 0 Å². The van der Waals surface area contributed by atoms with Crippen LogP contribution in [0.25, 0.3) is 0 Å². The molecule has 0 aromatic carbocycles. The lowest BCUT2D eigenvalue weighted by Gasteiger charge is -2.34. The van der Waals surface area contributed by atoms with Crippen LogP contribution in [0.2, 0.25) is 0 Å². The molecule has 1 aromatic rings. The molecule has 2 aliphatic rings. The summed E-state index contributed by atoms with van der Waals surface area (Å²) in [4.78, 5) is 40.2. The van der Waals surface area contributed by atoms with E-state index in [9.17, 15) is 14.4 Å². The smallest absolute Gasteiger partial charge is 0.261 e. The Balaban J connectivity index is 1.35. The Bertz CT molecular complexity index is 592. The fraction of sp³-hybridized carbons (Fsp3) is 0.562. The van der Waals surface area contributed by atoms with Crippen molar-refractivity contribution >= 4 is 29.1 Å². The second kappa shape index (κ2) is 7.76. The van der Waals surface area contributed by atoms with E-state index in [-0.39, 0.29) is 24.3 Å². The van der Waals surface area contributed by atoms with Gasteiger partial charge in [-0.05, 0) is 24.3 Å². The van der Waals surface area contributed by atoms with Crippen LogP contribution in [0.3, 0.4) is 0 Å². The monoisotopic (exact) mass is 350 g/mol.